The Balaban J connectivity index is 2.72. The van der Waals surface area contributed by atoms with Crippen LogP contribution in [0.1, 0.15) is 51.2 Å². The zero-order valence-electron chi connectivity index (χ0n) is 13.1. The summed E-state index contributed by atoms with van der Waals surface area (Å²) in [5.74, 6) is 0.609. The van der Waals surface area contributed by atoms with Gasteiger partial charge in [-0.2, -0.15) is 13.2 Å². The minimum absolute atomic E-state index is 0.246. The predicted octanol–water partition coefficient (Wildman–Crippen LogP) is 5.05. The van der Waals surface area contributed by atoms with E-state index in [4.69, 9.17) is 0 Å². The van der Waals surface area contributed by atoms with E-state index in [1.807, 2.05) is 0 Å². The summed E-state index contributed by atoms with van der Waals surface area (Å²) < 4.78 is 38.2. The fourth-order valence-electron chi connectivity index (χ4n) is 2.32. The van der Waals surface area contributed by atoms with Crippen LogP contribution >= 0.6 is 0 Å². The lowest BCUT2D eigenvalue weighted by Crippen LogP contribution is -2.32. The molecular weight excluding hydrogens is 275 g/mol. The summed E-state index contributed by atoms with van der Waals surface area (Å²) in [5.41, 5.74) is 0.195. The Morgan fingerprint density at radius 2 is 1.86 bits per heavy atom. The summed E-state index contributed by atoms with van der Waals surface area (Å²) in [5, 5.41) is 3.45. The lowest BCUT2D eigenvalue weighted by Gasteiger charge is -2.20. The SMILES string of the molecule is CCCNC(CCC(C)C)Cc1cccc(C(F)(F)F)c1. The van der Waals surface area contributed by atoms with E-state index in [1.165, 1.54) is 12.1 Å². The van der Waals surface area contributed by atoms with E-state index in [9.17, 15) is 13.2 Å². The van der Waals surface area contributed by atoms with Gasteiger partial charge in [0.05, 0.1) is 5.56 Å². The number of alkyl halides is 3. The quantitative estimate of drug-likeness (QED) is 0.708. The Morgan fingerprint density at radius 3 is 2.43 bits per heavy atom. The third-order valence-electron chi connectivity index (χ3n) is 3.51. The number of halogens is 3. The maximum absolute atomic E-state index is 12.7. The summed E-state index contributed by atoms with van der Waals surface area (Å²) in [6.07, 6.45) is -0.508. The van der Waals surface area contributed by atoms with Gasteiger partial charge in [0.25, 0.3) is 0 Å². The third-order valence-corrected chi connectivity index (χ3v) is 3.51. The Morgan fingerprint density at radius 1 is 1.14 bits per heavy atom. The number of hydrogen-bond acceptors (Lipinski definition) is 1. The zero-order chi connectivity index (χ0) is 15.9. The summed E-state index contributed by atoms with van der Waals surface area (Å²) >= 11 is 0. The first-order valence-corrected chi connectivity index (χ1v) is 7.72. The van der Waals surface area contributed by atoms with Gasteiger partial charge in [-0.3, -0.25) is 0 Å². The van der Waals surface area contributed by atoms with Crippen molar-refractivity contribution in [1.82, 2.24) is 5.32 Å². The van der Waals surface area contributed by atoms with Crippen LogP contribution in [0.25, 0.3) is 0 Å². The van der Waals surface area contributed by atoms with Crippen LogP contribution in [-0.4, -0.2) is 12.6 Å². The van der Waals surface area contributed by atoms with Gasteiger partial charge in [0.15, 0.2) is 0 Å². The average molecular weight is 301 g/mol. The summed E-state index contributed by atoms with van der Waals surface area (Å²) in [4.78, 5) is 0. The topological polar surface area (TPSA) is 12.0 Å². The molecule has 0 aliphatic carbocycles. The monoisotopic (exact) mass is 301 g/mol. The first-order valence-electron chi connectivity index (χ1n) is 7.72. The molecule has 0 aromatic heterocycles. The van der Waals surface area contributed by atoms with Crippen LogP contribution in [0.4, 0.5) is 13.2 Å². The highest BCUT2D eigenvalue weighted by atomic mass is 19.4. The first kappa shape index (κ1) is 18.0. The van der Waals surface area contributed by atoms with Crippen LogP contribution in [0.5, 0.6) is 0 Å². The Kier molecular flexibility index (Phi) is 7.23. The van der Waals surface area contributed by atoms with Crippen LogP contribution in [0.2, 0.25) is 0 Å². The van der Waals surface area contributed by atoms with Crippen LogP contribution in [-0.2, 0) is 12.6 Å². The Bertz CT molecular complexity index is 413. The van der Waals surface area contributed by atoms with Gasteiger partial charge in [-0.1, -0.05) is 39.0 Å². The molecule has 1 atom stereocenters. The fraction of sp³-hybridized carbons (Fsp3) is 0.647. The summed E-state index contributed by atoms with van der Waals surface area (Å²) in [6.45, 7) is 7.33. The molecule has 0 saturated carbocycles. The van der Waals surface area contributed by atoms with Gasteiger partial charge in [0, 0.05) is 6.04 Å². The van der Waals surface area contributed by atoms with E-state index >= 15 is 0 Å². The second kappa shape index (κ2) is 8.42. The fourth-order valence-corrected chi connectivity index (χ4v) is 2.32. The molecule has 0 radical (unpaired) electrons. The van der Waals surface area contributed by atoms with E-state index in [0.29, 0.717) is 12.3 Å². The Labute approximate surface area is 125 Å². The molecule has 1 rings (SSSR count). The second-order valence-electron chi connectivity index (χ2n) is 6.02. The van der Waals surface area contributed by atoms with Gasteiger partial charge in [-0.05, 0) is 49.8 Å². The van der Waals surface area contributed by atoms with Crippen molar-refractivity contribution in [2.75, 3.05) is 6.54 Å². The summed E-state index contributed by atoms with van der Waals surface area (Å²) in [6, 6.07) is 5.93. The number of nitrogens with one attached hydrogen (secondary N) is 1. The van der Waals surface area contributed by atoms with Crippen molar-refractivity contribution >= 4 is 0 Å². The van der Waals surface area contributed by atoms with Crippen molar-refractivity contribution in [3.8, 4) is 0 Å². The molecule has 1 N–H and O–H groups in total. The molecule has 0 bridgehead atoms. The van der Waals surface area contributed by atoms with Gasteiger partial charge in [-0.25, -0.2) is 0 Å². The van der Waals surface area contributed by atoms with Crippen LogP contribution in [0.3, 0.4) is 0 Å². The highest BCUT2D eigenvalue weighted by Crippen LogP contribution is 2.29. The van der Waals surface area contributed by atoms with E-state index in [2.05, 4.69) is 26.1 Å². The van der Waals surface area contributed by atoms with Crippen LogP contribution in [0.15, 0.2) is 24.3 Å². The van der Waals surface area contributed by atoms with Crippen molar-refractivity contribution < 1.29 is 13.2 Å². The molecule has 0 amide bonds. The van der Waals surface area contributed by atoms with Gasteiger partial charge in [0.1, 0.15) is 0 Å². The maximum Gasteiger partial charge on any atom is 0.416 e. The van der Waals surface area contributed by atoms with Crippen molar-refractivity contribution in [3.05, 3.63) is 35.4 Å². The van der Waals surface area contributed by atoms with Gasteiger partial charge in [-0.15, -0.1) is 0 Å². The van der Waals surface area contributed by atoms with E-state index in [0.717, 1.165) is 37.4 Å². The highest BCUT2D eigenvalue weighted by molar-refractivity contribution is 5.26. The standard InChI is InChI=1S/C17H26F3N/c1-4-10-21-16(9-8-13(2)3)12-14-6-5-7-15(11-14)17(18,19)20/h5-7,11,13,16,21H,4,8-10,12H2,1-3H3. The number of hydrogen-bond donors (Lipinski definition) is 1. The summed E-state index contributed by atoms with van der Waals surface area (Å²) in [7, 11) is 0. The van der Waals surface area contributed by atoms with Crippen molar-refractivity contribution in [1.29, 1.82) is 0 Å². The Hall–Kier alpha value is -1.03. The van der Waals surface area contributed by atoms with Gasteiger partial charge in [0.2, 0.25) is 0 Å². The minimum Gasteiger partial charge on any atom is -0.314 e. The predicted molar refractivity (Wildman–Crippen MR) is 81.3 cm³/mol. The third kappa shape index (κ3) is 6.98. The number of benzene rings is 1. The number of rotatable bonds is 8. The van der Waals surface area contributed by atoms with E-state index < -0.39 is 11.7 Å². The molecule has 120 valence electrons. The van der Waals surface area contributed by atoms with Gasteiger partial charge < -0.3 is 5.32 Å². The van der Waals surface area contributed by atoms with Gasteiger partial charge >= 0.3 is 6.18 Å². The minimum atomic E-state index is -4.26. The van der Waals surface area contributed by atoms with E-state index in [-0.39, 0.29) is 6.04 Å². The lowest BCUT2D eigenvalue weighted by atomic mass is 9.96. The van der Waals surface area contributed by atoms with Crippen molar-refractivity contribution in [2.45, 2.75) is 58.7 Å². The largest absolute Gasteiger partial charge is 0.416 e. The van der Waals surface area contributed by atoms with Crippen molar-refractivity contribution in [2.24, 2.45) is 5.92 Å². The molecule has 21 heavy (non-hydrogen) atoms. The zero-order valence-corrected chi connectivity index (χ0v) is 13.1. The molecule has 0 aliphatic rings. The second-order valence-corrected chi connectivity index (χ2v) is 6.02. The highest BCUT2D eigenvalue weighted by Gasteiger charge is 2.30. The van der Waals surface area contributed by atoms with Crippen molar-refractivity contribution in [3.63, 3.8) is 0 Å². The first-order chi connectivity index (χ1) is 9.82. The molecule has 0 aliphatic heterocycles. The normalized spacial score (nSPS) is 13.7. The molecule has 0 saturated heterocycles. The molecule has 1 aromatic rings. The van der Waals surface area contributed by atoms with Crippen LogP contribution in [0, 0.1) is 5.92 Å². The maximum atomic E-state index is 12.7. The molecule has 4 heteroatoms. The molecular formula is C17H26F3N. The molecule has 1 unspecified atom stereocenters. The average Bonchev–Trinajstić information content (AvgIpc) is 2.41. The molecule has 0 fully saturated rings. The smallest absolute Gasteiger partial charge is 0.314 e. The molecule has 1 nitrogen and oxygen atoms in total. The van der Waals surface area contributed by atoms with E-state index in [1.54, 1.807) is 6.07 Å². The molecule has 1 aromatic carbocycles. The molecule has 0 spiro atoms. The van der Waals surface area contributed by atoms with Crippen LogP contribution < -0.4 is 5.32 Å². The molecule has 0 heterocycles. The lowest BCUT2D eigenvalue weighted by molar-refractivity contribution is -0.137.